The van der Waals surface area contributed by atoms with E-state index >= 15 is 0 Å². The largest absolute Gasteiger partial charge is 0.481 e. The molecule has 0 aromatic heterocycles. The van der Waals surface area contributed by atoms with Crippen LogP contribution >= 0.6 is 11.6 Å². The fraction of sp³-hybridized carbons (Fsp3) is 0.222. The molecule has 1 aromatic carbocycles. The van der Waals surface area contributed by atoms with Crippen molar-refractivity contribution in [1.29, 1.82) is 0 Å². The molecule has 0 unspecified atom stereocenters. The Labute approximate surface area is 90.4 Å². The number of hydrogen-bond donors (Lipinski definition) is 1. The van der Waals surface area contributed by atoms with E-state index in [1.807, 2.05) is 0 Å². The Kier molecular flexibility index (Phi) is 3.26. The van der Waals surface area contributed by atoms with E-state index in [0.717, 1.165) is 0 Å². The van der Waals surface area contributed by atoms with Crippen LogP contribution in [0.1, 0.15) is 11.1 Å². The van der Waals surface area contributed by atoms with E-state index in [1.54, 1.807) is 0 Å². The summed E-state index contributed by atoms with van der Waals surface area (Å²) < 4.78 is 0. The number of hydrogen-bond acceptors (Lipinski definition) is 3. The van der Waals surface area contributed by atoms with Crippen LogP contribution in [-0.2, 0) is 11.2 Å². The average molecular weight is 230 g/mol. The van der Waals surface area contributed by atoms with Crippen molar-refractivity contribution in [2.45, 2.75) is 13.3 Å². The molecule has 1 aromatic rings. The van der Waals surface area contributed by atoms with Gasteiger partial charge in [0.15, 0.2) is 0 Å². The molecule has 0 heterocycles. The van der Waals surface area contributed by atoms with Crippen LogP contribution in [0.4, 0.5) is 5.69 Å². The second-order valence-corrected chi connectivity index (χ2v) is 3.41. The summed E-state index contributed by atoms with van der Waals surface area (Å²) in [6.45, 7) is 1.49. The van der Waals surface area contributed by atoms with Crippen LogP contribution in [0.3, 0.4) is 0 Å². The van der Waals surface area contributed by atoms with Gasteiger partial charge in [0.1, 0.15) is 0 Å². The summed E-state index contributed by atoms with van der Waals surface area (Å²) in [5, 5.41) is 19.6. The summed E-state index contributed by atoms with van der Waals surface area (Å²) in [6, 6.07) is 2.82. The number of benzene rings is 1. The van der Waals surface area contributed by atoms with Gasteiger partial charge in [-0.3, -0.25) is 14.9 Å². The van der Waals surface area contributed by atoms with E-state index in [0.29, 0.717) is 5.56 Å². The van der Waals surface area contributed by atoms with Crippen LogP contribution in [0.5, 0.6) is 0 Å². The number of nitrogens with zero attached hydrogens (tertiary/aromatic N) is 1. The molecule has 0 saturated carbocycles. The Morgan fingerprint density at radius 3 is 2.67 bits per heavy atom. The van der Waals surface area contributed by atoms with Crippen LogP contribution < -0.4 is 0 Å². The summed E-state index contributed by atoms with van der Waals surface area (Å²) in [5.74, 6) is -1.11. The van der Waals surface area contributed by atoms with Crippen molar-refractivity contribution in [1.82, 2.24) is 0 Å². The van der Waals surface area contributed by atoms with Gasteiger partial charge in [0.2, 0.25) is 0 Å². The molecule has 0 spiro atoms. The molecule has 0 saturated heterocycles. The first-order valence-corrected chi connectivity index (χ1v) is 4.45. The lowest BCUT2D eigenvalue weighted by Crippen LogP contribution is -2.05. The third-order valence-electron chi connectivity index (χ3n) is 1.97. The maximum absolute atomic E-state index is 10.7. The normalized spacial score (nSPS) is 10.0. The number of carboxylic acid groups (broad SMARTS) is 1. The number of nitro benzene ring substituents is 1. The van der Waals surface area contributed by atoms with Crippen LogP contribution in [0, 0.1) is 17.0 Å². The summed E-state index contributed by atoms with van der Waals surface area (Å²) in [6.07, 6.45) is -0.381. The van der Waals surface area contributed by atoms with Crippen molar-refractivity contribution < 1.29 is 14.8 Å². The predicted molar refractivity (Wildman–Crippen MR) is 54.2 cm³/mol. The highest BCUT2D eigenvalue weighted by Crippen LogP contribution is 2.29. The third-order valence-corrected chi connectivity index (χ3v) is 2.38. The lowest BCUT2D eigenvalue weighted by molar-refractivity contribution is -0.386. The lowest BCUT2D eigenvalue weighted by Gasteiger charge is -2.04. The van der Waals surface area contributed by atoms with Gasteiger partial charge in [-0.15, -0.1) is 0 Å². The summed E-state index contributed by atoms with van der Waals surface area (Å²) in [4.78, 5) is 20.6. The van der Waals surface area contributed by atoms with E-state index < -0.39 is 10.9 Å². The predicted octanol–water partition coefficient (Wildman–Crippen LogP) is 2.18. The summed E-state index contributed by atoms with van der Waals surface area (Å²) in [7, 11) is 0. The highest BCUT2D eigenvalue weighted by molar-refractivity contribution is 6.31. The van der Waals surface area contributed by atoms with Crippen LogP contribution in [0.2, 0.25) is 5.02 Å². The molecular formula is C9H8ClNO4. The van der Waals surface area contributed by atoms with E-state index in [4.69, 9.17) is 16.7 Å². The van der Waals surface area contributed by atoms with Crippen LogP contribution in [-0.4, -0.2) is 16.0 Å². The zero-order valence-electron chi connectivity index (χ0n) is 7.86. The standard InChI is InChI=1S/C9H8ClNO4/c1-5-7(10)3-2-6(4-8(12)13)9(5)11(14)15/h2-3H,4H2,1H3,(H,12,13). The molecular weight excluding hydrogens is 222 g/mol. The molecule has 0 radical (unpaired) electrons. The minimum atomic E-state index is -1.11. The maximum Gasteiger partial charge on any atom is 0.308 e. The lowest BCUT2D eigenvalue weighted by atomic mass is 10.1. The highest BCUT2D eigenvalue weighted by Gasteiger charge is 2.20. The number of aliphatic carboxylic acids is 1. The van der Waals surface area contributed by atoms with Crippen molar-refractivity contribution in [2.24, 2.45) is 0 Å². The second kappa shape index (κ2) is 4.27. The maximum atomic E-state index is 10.7. The SMILES string of the molecule is Cc1c(Cl)ccc(CC(=O)O)c1[N+](=O)[O-]. The van der Waals surface area contributed by atoms with E-state index in [9.17, 15) is 14.9 Å². The first kappa shape index (κ1) is 11.5. The number of carboxylic acids is 1. The van der Waals surface area contributed by atoms with Gasteiger partial charge in [-0.1, -0.05) is 17.7 Å². The molecule has 0 amide bonds. The van der Waals surface area contributed by atoms with E-state index in [2.05, 4.69) is 0 Å². The topological polar surface area (TPSA) is 80.4 Å². The Balaban J connectivity index is 3.33. The van der Waals surface area contributed by atoms with Gasteiger partial charge in [0.05, 0.1) is 16.4 Å². The zero-order valence-corrected chi connectivity index (χ0v) is 8.61. The van der Waals surface area contributed by atoms with Gasteiger partial charge in [-0.25, -0.2) is 0 Å². The minimum absolute atomic E-state index is 0.161. The van der Waals surface area contributed by atoms with Gasteiger partial charge >= 0.3 is 5.97 Å². The molecule has 0 aliphatic rings. The molecule has 1 N–H and O–H groups in total. The number of halogens is 1. The second-order valence-electron chi connectivity index (χ2n) is 3.01. The Morgan fingerprint density at radius 1 is 1.60 bits per heavy atom. The molecule has 15 heavy (non-hydrogen) atoms. The van der Waals surface area contributed by atoms with Gasteiger partial charge in [-0.05, 0) is 13.0 Å². The fourth-order valence-electron chi connectivity index (χ4n) is 1.29. The van der Waals surface area contributed by atoms with Crippen molar-refractivity contribution >= 4 is 23.3 Å². The average Bonchev–Trinajstić information content (AvgIpc) is 2.10. The molecule has 0 aliphatic heterocycles. The van der Waals surface area contributed by atoms with Crippen LogP contribution in [0.15, 0.2) is 12.1 Å². The Morgan fingerprint density at radius 2 is 2.20 bits per heavy atom. The van der Waals surface area contributed by atoms with Crippen molar-refractivity contribution in [2.75, 3.05) is 0 Å². The molecule has 0 atom stereocenters. The summed E-state index contributed by atoms with van der Waals surface area (Å²) in [5.41, 5.74) is 0.236. The monoisotopic (exact) mass is 229 g/mol. The highest BCUT2D eigenvalue weighted by atomic mass is 35.5. The summed E-state index contributed by atoms with van der Waals surface area (Å²) >= 11 is 5.71. The first-order chi connectivity index (χ1) is 6.93. The smallest absolute Gasteiger partial charge is 0.308 e. The van der Waals surface area contributed by atoms with Crippen molar-refractivity contribution in [3.63, 3.8) is 0 Å². The van der Waals surface area contributed by atoms with Crippen LogP contribution in [0.25, 0.3) is 0 Å². The molecule has 0 fully saturated rings. The Hall–Kier alpha value is -1.62. The first-order valence-electron chi connectivity index (χ1n) is 4.07. The third kappa shape index (κ3) is 2.44. The van der Waals surface area contributed by atoms with Gasteiger partial charge in [0, 0.05) is 11.1 Å². The molecule has 6 heteroatoms. The number of carbonyl (C=O) groups is 1. The number of nitro groups is 1. The van der Waals surface area contributed by atoms with Crippen molar-refractivity contribution in [3.05, 3.63) is 38.4 Å². The molecule has 1 rings (SSSR count). The van der Waals surface area contributed by atoms with Crippen molar-refractivity contribution in [3.8, 4) is 0 Å². The minimum Gasteiger partial charge on any atom is -0.481 e. The Bertz CT molecular complexity index is 430. The van der Waals surface area contributed by atoms with E-state index in [1.165, 1.54) is 19.1 Å². The van der Waals surface area contributed by atoms with Gasteiger partial charge < -0.3 is 5.11 Å². The number of rotatable bonds is 3. The molecule has 80 valence electrons. The quantitative estimate of drug-likeness (QED) is 0.636. The van der Waals surface area contributed by atoms with E-state index in [-0.39, 0.29) is 22.7 Å². The molecule has 0 bridgehead atoms. The zero-order chi connectivity index (χ0) is 11.6. The van der Waals surface area contributed by atoms with Gasteiger partial charge in [0.25, 0.3) is 5.69 Å². The molecule has 0 aliphatic carbocycles. The molecule has 5 nitrogen and oxygen atoms in total. The van der Waals surface area contributed by atoms with Gasteiger partial charge in [-0.2, -0.15) is 0 Å². The fourth-order valence-corrected chi connectivity index (χ4v) is 1.44.